The molecule has 0 unspecified atom stereocenters. The lowest BCUT2D eigenvalue weighted by Gasteiger charge is -2.41. The zero-order valence-electron chi connectivity index (χ0n) is 14.1. The summed E-state index contributed by atoms with van der Waals surface area (Å²) in [6.45, 7) is 7.27. The van der Waals surface area contributed by atoms with E-state index in [4.69, 9.17) is 0 Å². The van der Waals surface area contributed by atoms with E-state index in [1.54, 1.807) is 12.1 Å². The van der Waals surface area contributed by atoms with Crippen molar-refractivity contribution >= 4 is 17.7 Å². The molecule has 0 radical (unpaired) electrons. The Morgan fingerprint density at radius 2 is 1.96 bits per heavy atom. The third-order valence-electron chi connectivity index (χ3n) is 4.35. The van der Waals surface area contributed by atoms with Crippen molar-refractivity contribution in [3.05, 3.63) is 30.1 Å². The fourth-order valence-electron chi connectivity index (χ4n) is 2.83. The maximum absolute atomic E-state index is 13.5. The Balaban J connectivity index is 1.69. The van der Waals surface area contributed by atoms with Gasteiger partial charge >= 0.3 is 0 Å². The average Bonchev–Trinajstić information content (AvgIpc) is 2.56. The topological polar surface area (TPSA) is 32.3 Å². The molecule has 1 N–H and O–H groups in total. The van der Waals surface area contributed by atoms with Crippen LogP contribution in [0.2, 0.25) is 0 Å². The first-order valence-electron chi connectivity index (χ1n) is 8.38. The summed E-state index contributed by atoms with van der Waals surface area (Å²) in [5.74, 6) is 0.416. The minimum atomic E-state index is -0.218. The van der Waals surface area contributed by atoms with Crippen molar-refractivity contribution in [1.82, 2.24) is 10.2 Å². The Morgan fingerprint density at radius 3 is 2.65 bits per heavy atom. The molecular formula is C18H27FN2OS. The van der Waals surface area contributed by atoms with Gasteiger partial charge in [-0.05, 0) is 51.9 Å². The van der Waals surface area contributed by atoms with Gasteiger partial charge in [0.05, 0.1) is 0 Å². The summed E-state index contributed by atoms with van der Waals surface area (Å²) in [4.78, 5) is 15.1. The fourth-order valence-corrected chi connectivity index (χ4v) is 3.72. The Bertz CT molecular complexity index is 515. The molecule has 1 amide bonds. The van der Waals surface area contributed by atoms with Crippen molar-refractivity contribution in [3.8, 4) is 0 Å². The van der Waals surface area contributed by atoms with Crippen LogP contribution in [0, 0.1) is 5.82 Å². The molecule has 0 atom stereocenters. The van der Waals surface area contributed by atoms with Crippen LogP contribution in [0.3, 0.4) is 0 Å². The molecule has 0 bridgehead atoms. The number of hydrogen-bond donors (Lipinski definition) is 1. The zero-order chi connectivity index (χ0) is 16.7. The summed E-state index contributed by atoms with van der Waals surface area (Å²) < 4.78 is 13.5. The Hall–Kier alpha value is -1.07. The van der Waals surface area contributed by atoms with Crippen LogP contribution in [0.25, 0.3) is 0 Å². The first kappa shape index (κ1) is 18.3. The molecular weight excluding hydrogens is 311 g/mol. The number of likely N-dealkylation sites (tertiary alicyclic amines) is 1. The second kappa shape index (κ2) is 8.69. The fraction of sp³-hybridized carbons (Fsp3) is 0.611. The molecule has 1 saturated heterocycles. The molecule has 5 heteroatoms. The Labute approximate surface area is 143 Å². The number of thioether (sulfide) groups is 1. The van der Waals surface area contributed by atoms with E-state index in [0.29, 0.717) is 23.6 Å². The number of amides is 1. The van der Waals surface area contributed by atoms with Gasteiger partial charge in [0.15, 0.2) is 0 Å². The number of nitrogens with zero attached hydrogens (tertiary/aromatic N) is 1. The van der Waals surface area contributed by atoms with Gasteiger partial charge in [0.2, 0.25) is 5.91 Å². The predicted molar refractivity (Wildman–Crippen MR) is 94.3 cm³/mol. The number of rotatable bonds is 7. The van der Waals surface area contributed by atoms with E-state index in [-0.39, 0.29) is 17.3 Å². The highest BCUT2D eigenvalue weighted by atomic mass is 32.2. The van der Waals surface area contributed by atoms with Gasteiger partial charge in [-0.25, -0.2) is 4.39 Å². The highest BCUT2D eigenvalue weighted by Gasteiger charge is 2.28. The van der Waals surface area contributed by atoms with E-state index in [1.165, 1.54) is 37.1 Å². The van der Waals surface area contributed by atoms with Crippen molar-refractivity contribution in [2.45, 2.75) is 50.0 Å². The lowest BCUT2D eigenvalue weighted by atomic mass is 9.98. The van der Waals surface area contributed by atoms with Gasteiger partial charge in [-0.3, -0.25) is 9.69 Å². The molecule has 0 spiro atoms. The molecule has 1 aliphatic rings. The number of piperidine rings is 1. The summed E-state index contributed by atoms with van der Waals surface area (Å²) >= 11 is 1.39. The van der Waals surface area contributed by atoms with Gasteiger partial charge in [-0.1, -0.05) is 18.6 Å². The molecule has 23 heavy (non-hydrogen) atoms. The van der Waals surface area contributed by atoms with Gasteiger partial charge in [0.1, 0.15) is 5.82 Å². The van der Waals surface area contributed by atoms with Gasteiger partial charge in [0.25, 0.3) is 0 Å². The molecule has 3 nitrogen and oxygen atoms in total. The predicted octanol–water partition coefficient (Wildman–Crippen LogP) is 3.69. The monoisotopic (exact) mass is 338 g/mol. The molecule has 1 aromatic rings. The molecule has 1 heterocycles. The van der Waals surface area contributed by atoms with E-state index >= 15 is 0 Å². The number of benzene rings is 1. The molecule has 1 aliphatic heterocycles. The Kier molecular flexibility index (Phi) is 6.90. The lowest BCUT2D eigenvalue weighted by molar-refractivity contribution is -0.121. The van der Waals surface area contributed by atoms with Crippen LogP contribution in [-0.4, -0.2) is 41.7 Å². The minimum Gasteiger partial charge on any atom is -0.354 e. The van der Waals surface area contributed by atoms with Gasteiger partial charge in [-0.15, -0.1) is 11.8 Å². The van der Waals surface area contributed by atoms with E-state index in [9.17, 15) is 9.18 Å². The van der Waals surface area contributed by atoms with E-state index < -0.39 is 0 Å². The number of carbonyl (C=O) groups excluding carboxylic acids is 1. The van der Waals surface area contributed by atoms with Gasteiger partial charge in [0, 0.05) is 29.2 Å². The highest BCUT2D eigenvalue weighted by molar-refractivity contribution is 7.99. The van der Waals surface area contributed by atoms with Crippen molar-refractivity contribution in [2.24, 2.45) is 0 Å². The van der Waals surface area contributed by atoms with Gasteiger partial charge < -0.3 is 5.32 Å². The molecule has 1 fully saturated rings. The van der Waals surface area contributed by atoms with Crippen LogP contribution in [-0.2, 0) is 4.79 Å². The quantitative estimate of drug-likeness (QED) is 0.770. The van der Waals surface area contributed by atoms with E-state index in [2.05, 4.69) is 24.1 Å². The number of nitrogens with one attached hydrogen (secondary N) is 1. The Morgan fingerprint density at radius 1 is 1.26 bits per heavy atom. The number of hydrogen-bond acceptors (Lipinski definition) is 3. The first-order valence-corrected chi connectivity index (χ1v) is 9.37. The summed E-state index contributed by atoms with van der Waals surface area (Å²) in [5, 5.41) is 3.03. The molecule has 128 valence electrons. The van der Waals surface area contributed by atoms with Gasteiger partial charge in [-0.2, -0.15) is 0 Å². The van der Waals surface area contributed by atoms with E-state index in [1.807, 2.05) is 6.07 Å². The molecule has 1 aromatic carbocycles. The average molecular weight is 338 g/mol. The first-order chi connectivity index (χ1) is 11.0. The lowest BCUT2D eigenvalue weighted by Crippen LogP contribution is -2.53. The van der Waals surface area contributed by atoms with Crippen LogP contribution in [0.4, 0.5) is 4.39 Å². The minimum absolute atomic E-state index is 0.00520. The van der Waals surface area contributed by atoms with Crippen molar-refractivity contribution in [2.75, 3.05) is 25.4 Å². The molecule has 0 aromatic heterocycles. The summed E-state index contributed by atoms with van der Waals surface area (Å²) in [6, 6.07) is 6.68. The molecule has 2 rings (SSSR count). The summed E-state index contributed by atoms with van der Waals surface area (Å²) in [6.07, 6.45) is 4.22. The normalized spacial score (nSPS) is 16.3. The van der Waals surface area contributed by atoms with Crippen LogP contribution >= 0.6 is 11.8 Å². The third kappa shape index (κ3) is 5.81. The number of carbonyl (C=O) groups is 1. The maximum atomic E-state index is 13.5. The second-order valence-electron chi connectivity index (χ2n) is 6.67. The van der Waals surface area contributed by atoms with Crippen LogP contribution < -0.4 is 5.32 Å². The molecule has 0 aliphatic carbocycles. The van der Waals surface area contributed by atoms with Crippen molar-refractivity contribution in [1.29, 1.82) is 0 Å². The third-order valence-corrected chi connectivity index (χ3v) is 5.40. The number of halogens is 1. The standard InChI is InChI=1S/C18H27FN2OS/c1-18(2,21-11-6-3-7-12-21)14-20-17(22)10-13-23-16-9-5-4-8-15(16)19/h4-5,8-9H,3,6-7,10-14H2,1-2H3,(H,20,22). The van der Waals surface area contributed by atoms with Crippen LogP contribution in [0.15, 0.2) is 29.2 Å². The van der Waals surface area contributed by atoms with Crippen LogP contribution in [0.5, 0.6) is 0 Å². The molecule has 0 saturated carbocycles. The zero-order valence-corrected chi connectivity index (χ0v) is 14.9. The SMILES string of the molecule is CC(C)(CNC(=O)CCSc1ccccc1F)N1CCCCC1. The smallest absolute Gasteiger partial charge is 0.220 e. The summed E-state index contributed by atoms with van der Waals surface area (Å²) in [7, 11) is 0. The largest absolute Gasteiger partial charge is 0.354 e. The van der Waals surface area contributed by atoms with E-state index in [0.717, 1.165) is 13.1 Å². The highest BCUT2D eigenvalue weighted by Crippen LogP contribution is 2.22. The van der Waals surface area contributed by atoms with Crippen molar-refractivity contribution in [3.63, 3.8) is 0 Å². The van der Waals surface area contributed by atoms with Crippen molar-refractivity contribution < 1.29 is 9.18 Å². The summed E-state index contributed by atoms with van der Waals surface area (Å²) in [5.41, 5.74) is -0.00520. The van der Waals surface area contributed by atoms with Crippen LogP contribution in [0.1, 0.15) is 39.5 Å². The second-order valence-corrected chi connectivity index (χ2v) is 7.80. The maximum Gasteiger partial charge on any atom is 0.220 e.